The maximum Gasteiger partial charge on any atom is 0.246 e. The van der Waals surface area contributed by atoms with Crippen molar-refractivity contribution in [3.05, 3.63) is 57.6 Å². The van der Waals surface area contributed by atoms with Crippen LogP contribution in [0.25, 0.3) is 6.08 Å². The zero-order chi connectivity index (χ0) is 19.4. The van der Waals surface area contributed by atoms with Gasteiger partial charge < -0.3 is 4.90 Å². The molecule has 0 radical (unpaired) electrons. The van der Waals surface area contributed by atoms with Gasteiger partial charge in [-0.3, -0.25) is 9.69 Å². The lowest BCUT2D eigenvalue weighted by molar-refractivity contribution is -0.127. The van der Waals surface area contributed by atoms with E-state index >= 15 is 0 Å². The molecule has 0 unspecified atom stereocenters. The van der Waals surface area contributed by atoms with E-state index in [1.165, 1.54) is 5.56 Å². The Morgan fingerprint density at radius 3 is 2.37 bits per heavy atom. The van der Waals surface area contributed by atoms with Crippen LogP contribution in [-0.4, -0.2) is 46.9 Å². The third-order valence-corrected chi connectivity index (χ3v) is 5.75. The summed E-state index contributed by atoms with van der Waals surface area (Å²) in [5, 5.41) is 3.24. The second-order valence-electron chi connectivity index (χ2n) is 8.16. The Hall–Kier alpha value is -1.98. The fraction of sp³-hybridized carbons (Fsp3) is 0.455. The van der Waals surface area contributed by atoms with Crippen molar-refractivity contribution in [3.8, 4) is 0 Å². The van der Waals surface area contributed by atoms with Gasteiger partial charge in [-0.2, -0.15) is 0 Å². The van der Waals surface area contributed by atoms with Crippen molar-refractivity contribution in [2.24, 2.45) is 0 Å². The van der Waals surface area contributed by atoms with Crippen LogP contribution in [0.5, 0.6) is 0 Å². The summed E-state index contributed by atoms with van der Waals surface area (Å²) < 4.78 is 0. The molecule has 0 saturated carbocycles. The molecule has 0 aliphatic carbocycles. The number of rotatable bonds is 4. The van der Waals surface area contributed by atoms with Gasteiger partial charge in [-0.25, -0.2) is 4.98 Å². The van der Waals surface area contributed by atoms with Crippen LogP contribution in [0.1, 0.15) is 42.6 Å². The Morgan fingerprint density at radius 1 is 1.15 bits per heavy atom. The molecule has 0 atom stereocenters. The van der Waals surface area contributed by atoms with Crippen LogP contribution < -0.4 is 0 Å². The van der Waals surface area contributed by atoms with Crippen LogP contribution in [0, 0.1) is 6.92 Å². The summed E-state index contributed by atoms with van der Waals surface area (Å²) in [6.45, 7) is 12.9. The van der Waals surface area contributed by atoms with E-state index in [2.05, 4.69) is 60.3 Å². The molecule has 2 heterocycles. The number of hydrogen-bond acceptors (Lipinski definition) is 4. The van der Waals surface area contributed by atoms with Gasteiger partial charge in [-0.05, 0) is 29.5 Å². The maximum atomic E-state index is 12.5. The molecule has 0 N–H and O–H groups in total. The minimum atomic E-state index is 0.0963. The summed E-state index contributed by atoms with van der Waals surface area (Å²) in [4.78, 5) is 21.3. The molecule has 0 spiro atoms. The van der Waals surface area contributed by atoms with Crippen LogP contribution in [-0.2, 0) is 16.8 Å². The first-order valence-corrected chi connectivity index (χ1v) is 10.4. The van der Waals surface area contributed by atoms with Gasteiger partial charge >= 0.3 is 0 Å². The average Bonchev–Trinajstić information content (AvgIpc) is 3.04. The Balaban J connectivity index is 1.49. The molecular weight excluding hydrogens is 354 g/mol. The maximum absolute atomic E-state index is 12.5. The van der Waals surface area contributed by atoms with Gasteiger partial charge in [0.1, 0.15) is 0 Å². The lowest BCUT2D eigenvalue weighted by Crippen LogP contribution is -2.47. The number of carbonyl (C=O) groups is 1. The smallest absolute Gasteiger partial charge is 0.246 e. The minimum Gasteiger partial charge on any atom is -0.337 e. The molecular formula is C22H29N3OS. The summed E-state index contributed by atoms with van der Waals surface area (Å²) in [5.41, 5.74) is 3.65. The van der Waals surface area contributed by atoms with Crippen LogP contribution in [0.3, 0.4) is 0 Å². The fourth-order valence-electron chi connectivity index (χ4n) is 3.20. The normalized spacial score (nSPS) is 16.2. The Labute approximate surface area is 166 Å². The minimum absolute atomic E-state index is 0.0963. The van der Waals surface area contributed by atoms with E-state index in [0.29, 0.717) is 0 Å². The zero-order valence-corrected chi connectivity index (χ0v) is 17.6. The molecule has 0 bridgehead atoms. The Bertz CT molecular complexity index is 794. The second-order valence-corrected chi connectivity index (χ2v) is 9.23. The predicted octanol–water partition coefficient (Wildman–Crippen LogP) is 4.11. The van der Waals surface area contributed by atoms with Crippen LogP contribution in [0.2, 0.25) is 0 Å². The first-order chi connectivity index (χ1) is 12.8. The highest BCUT2D eigenvalue weighted by molar-refractivity contribution is 7.09. The standard InChI is InChI=1S/C22H29N3OS/c1-17-23-20(16-27-17)15-24-11-13-25(14-12-24)21(26)10-7-18-5-8-19(9-6-18)22(2,3)4/h5-10,16H,11-15H2,1-4H3/b10-7+. The van der Waals surface area contributed by atoms with Crippen molar-refractivity contribution in [1.29, 1.82) is 0 Å². The molecule has 5 heteroatoms. The first kappa shape index (κ1) is 19.8. The molecule has 27 heavy (non-hydrogen) atoms. The van der Waals surface area contributed by atoms with E-state index in [9.17, 15) is 4.79 Å². The SMILES string of the molecule is Cc1nc(CN2CCN(C(=O)/C=C/c3ccc(C(C)(C)C)cc3)CC2)cs1. The van der Waals surface area contributed by atoms with Gasteiger partial charge in [0, 0.05) is 44.2 Å². The third kappa shape index (κ3) is 5.50. The number of aryl methyl sites for hydroxylation is 1. The monoisotopic (exact) mass is 383 g/mol. The fourth-order valence-corrected chi connectivity index (χ4v) is 3.81. The van der Waals surface area contributed by atoms with E-state index in [0.717, 1.165) is 49.0 Å². The Morgan fingerprint density at radius 2 is 1.81 bits per heavy atom. The van der Waals surface area contributed by atoms with Crippen LogP contribution >= 0.6 is 11.3 Å². The molecule has 3 rings (SSSR count). The average molecular weight is 384 g/mol. The number of aromatic nitrogens is 1. The molecule has 4 nitrogen and oxygen atoms in total. The number of thiazole rings is 1. The topological polar surface area (TPSA) is 36.4 Å². The summed E-state index contributed by atoms with van der Waals surface area (Å²) in [6.07, 6.45) is 3.62. The summed E-state index contributed by atoms with van der Waals surface area (Å²) in [7, 11) is 0. The first-order valence-electron chi connectivity index (χ1n) is 9.52. The van der Waals surface area contributed by atoms with Crippen molar-refractivity contribution >= 4 is 23.3 Å². The van der Waals surface area contributed by atoms with Crippen LogP contribution in [0.4, 0.5) is 0 Å². The molecule has 1 aromatic heterocycles. The van der Waals surface area contributed by atoms with Gasteiger partial charge in [0.15, 0.2) is 0 Å². The number of benzene rings is 1. The van der Waals surface area contributed by atoms with E-state index in [1.807, 2.05) is 17.9 Å². The quantitative estimate of drug-likeness (QED) is 0.746. The van der Waals surface area contributed by atoms with Crippen molar-refractivity contribution in [2.75, 3.05) is 26.2 Å². The number of piperazine rings is 1. The lowest BCUT2D eigenvalue weighted by atomic mass is 9.87. The lowest BCUT2D eigenvalue weighted by Gasteiger charge is -2.33. The third-order valence-electron chi connectivity index (χ3n) is 4.93. The molecule has 1 aliphatic rings. The highest BCUT2D eigenvalue weighted by atomic mass is 32.1. The largest absolute Gasteiger partial charge is 0.337 e. The zero-order valence-electron chi connectivity index (χ0n) is 16.7. The van der Waals surface area contributed by atoms with Gasteiger partial charge in [0.25, 0.3) is 0 Å². The molecule has 1 saturated heterocycles. The van der Waals surface area contributed by atoms with Crippen molar-refractivity contribution in [1.82, 2.24) is 14.8 Å². The van der Waals surface area contributed by atoms with Gasteiger partial charge in [-0.15, -0.1) is 11.3 Å². The highest BCUT2D eigenvalue weighted by Crippen LogP contribution is 2.22. The molecule has 1 aliphatic heterocycles. The van der Waals surface area contributed by atoms with E-state index in [-0.39, 0.29) is 11.3 Å². The van der Waals surface area contributed by atoms with E-state index in [4.69, 9.17) is 0 Å². The summed E-state index contributed by atoms with van der Waals surface area (Å²) in [5.74, 6) is 0.0963. The molecule has 1 fully saturated rings. The second kappa shape index (κ2) is 8.36. The molecule has 1 amide bonds. The summed E-state index contributed by atoms with van der Waals surface area (Å²) in [6, 6.07) is 8.45. The van der Waals surface area contributed by atoms with Crippen LogP contribution in [0.15, 0.2) is 35.7 Å². The highest BCUT2D eigenvalue weighted by Gasteiger charge is 2.20. The summed E-state index contributed by atoms with van der Waals surface area (Å²) >= 11 is 1.69. The molecule has 144 valence electrons. The van der Waals surface area contributed by atoms with E-state index < -0.39 is 0 Å². The number of amides is 1. The van der Waals surface area contributed by atoms with Gasteiger partial charge in [0.05, 0.1) is 10.7 Å². The number of carbonyl (C=O) groups excluding carboxylic acids is 1. The predicted molar refractivity (Wildman–Crippen MR) is 113 cm³/mol. The molecule has 1 aromatic carbocycles. The number of hydrogen-bond donors (Lipinski definition) is 0. The molecule has 2 aromatic rings. The van der Waals surface area contributed by atoms with Crippen molar-refractivity contribution in [2.45, 2.75) is 39.7 Å². The van der Waals surface area contributed by atoms with E-state index in [1.54, 1.807) is 17.4 Å². The van der Waals surface area contributed by atoms with Crippen molar-refractivity contribution < 1.29 is 4.79 Å². The van der Waals surface area contributed by atoms with Gasteiger partial charge in [0.2, 0.25) is 5.91 Å². The van der Waals surface area contributed by atoms with Crippen molar-refractivity contribution in [3.63, 3.8) is 0 Å². The number of nitrogens with zero attached hydrogens (tertiary/aromatic N) is 3. The van der Waals surface area contributed by atoms with Gasteiger partial charge in [-0.1, -0.05) is 45.0 Å². The Kier molecular flexibility index (Phi) is 6.12.